The summed E-state index contributed by atoms with van der Waals surface area (Å²) < 4.78 is 20.6. The molecule has 0 bridgehead atoms. The second kappa shape index (κ2) is 7.37. The van der Waals surface area contributed by atoms with Crippen molar-refractivity contribution >= 4 is 26.7 Å². The van der Waals surface area contributed by atoms with E-state index in [0.29, 0.717) is 23.1 Å². The zero-order valence-electron chi connectivity index (χ0n) is 14.2. The number of hydrogen-bond donors (Lipinski definition) is 1. The molecular weight excluding hydrogens is 409 g/mol. The Labute approximate surface area is 164 Å². The van der Waals surface area contributed by atoms with Crippen LogP contribution in [0.15, 0.2) is 77.3 Å². The van der Waals surface area contributed by atoms with Crippen molar-refractivity contribution in [2.24, 2.45) is 0 Å². The Hall–Kier alpha value is -2.92. The molecule has 0 saturated carbocycles. The predicted octanol–water partition coefficient (Wildman–Crippen LogP) is 6.09. The Bertz CT molecular complexity index is 1100. The molecule has 0 saturated heterocycles. The van der Waals surface area contributed by atoms with Gasteiger partial charge in [0.2, 0.25) is 5.88 Å². The number of ether oxygens (including phenoxy) is 1. The summed E-state index contributed by atoms with van der Waals surface area (Å²) in [6.45, 7) is 0.296. The fourth-order valence-corrected chi connectivity index (χ4v) is 3.15. The molecule has 0 aliphatic heterocycles. The van der Waals surface area contributed by atoms with Gasteiger partial charge in [-0.2, -0.15) is 0 Å². The van der Waals surface area contributed by atoms with Crippen LogP contribution in [0.1, 0.15) is 5.56 Å². The molecular formula is C22H15BrFNO2. The van der Waals surface area contributed by atoms with Gasteiger partial charge in [-0.1, -0.05) is 58.4 Å². The molecule has 4 rings (SSSR count). The van der Waals surface area contributed by atoms with Gasteiger partial charge in [0.25, 0.3) is 0 Å². The number of nitrogens with zero attached hydrogens (tertiary/aromatic N) is 1. The van der Waals surface area contributed by atoms with Gasteiger partial charge in [0.1, 0.15) is 23.9 Å². The van der Waals surface area contributed by atoms with Crippen molar-refractivity contribution in [2.75, 3.05) is 0 Å². The molecule has 1 heterocycles. The maximum absolute atomic E-state index is 13.8. The van der Waals surface area contributed by atoms with Gasteiger partial charge >= 0.3 is 0 Å². The molecule has 27 heavy (non-hydrogen) atoms. The average Bonchev–Trinajstić information content (AvgIpc) is 2.69. The Morgan fingerprint density at radius 2 is 1.67 bits per heavy atom. The molecule has 0 atom stereocenters. The molecule has 1 N–H and O–H groups in total. The molecule has 0 amide bonds. The van der Waals surface area contributed by atoms with Crippen molar-refractivity contribution in [2.45, 2.75) is 6.61 Å². The minimum atomic E-state index is -0.412. The molecule has 0 spiro atoms. The fourth-order valence-electron chi connectivity index (χ4n) is 2.89. The summed E-state index contributed by atoms with van der Waals surface area (Å²) in [5.41, 5.74) is 2.11. The minimum absolute atomic E-state index is 0.000571. The van der Waals surface area contributed by atoms with Crippen molar-refractivity contribution in [3.05, 3.63) is 88.6 Å². The standard InChI is InChI=1S/C22H15BrFNO2/c23-16-8-6-15(7-9-16)20-21(26)18-11-10-17(24)12-19(18)22(25-20)27-13-14-4-2-1-3-5-14/h1-12,26H,13H2. The Balaban J connectivity index is 1.83. The van der Waals surface area contributed by atoms with Gasteiger partial charge in [-0.25, -0.2) is 9.37 Å². The molecule has 0 aliphatic rings. The highest BCUT2D eigenvalue weighted by molar-refractivity contribution is 9.10. The first-order chi connectivity index (χ1) is 13.1. The summed E-state index contributed by atoms with van der Waals surface area (Å²) >= 11 is 3.40. The zero-order chi connectivity index (χ0) is 18.8. The third-order valence-corrected chi connectivity index (χ3v) is 4.77. The van der Waals surface area contributed by atoms with Crippen LogP contribution in [0.2, 0.25) is 0 Å². The second-order valence-corrected chi connectivity index (χ2v) is 7.00. The molecule has 0 unspecified atom stereocenters. The maximum atomic E-state index is 13.8. The van der Waals surface area contributed by atoms with Crippen LogP contribution in [0, 0.1) is 5.82 Å². The minimum Gasteiger partial charge on any atom is -0.505 e. The summed E-state index contributed by atoms with van der Waals surface area (Å²) in [5.74, 6) is -0.131. The number of pyridine rings is 1. The van der Waals surface area contributed by atoms with Gasteiger partial charge < -0.3 is 9.84 Å². The van der Waals surface area contributed by atoms with Gasteiger partial charge in [-0.05, 0) is 35.9 Å². The normalized spacial score (nSPS) is 10.9. The van der Waals surface area contributed by atoms with E-state index in [1.165, 1.54) is 12.1 Å². The highest BCUT2D eigenvalue weighted by Gasteiger charge is 2.16. The van der Waals surface area contributed by atoms with E-state index in [1.54, 1.807) is 6.07 Å². The number of benzene rings is 3. The first-order valence-corrected chi connectivity index (χ1v) is 9.16. The van der Waals surface area contributed by atoms with E-state index in [4.69, 9.17) is 4.74 Å². The van der Waals surface area contributed by atoms with E-state index in [0.717, 1.165) is 15.6 Å². The predicted molar refractivity (Wildman–Crippen MR) is 107 cm³/mol. The molecule has 5 heteroatoms. The summed E-state index contributed by atoms with van der Waals surface area (Å²) in [7, 11) is 0. The van der Waals surface area contributed by atoms with Crippen molar-refractivity contribution in [1.82, 2.24) is 4.98 Å². The molecule has 3 aromatic carbocycles. The second-order valence-electron chi connectivity index (χ2n) is 6.09. The smallest absolute Gasteiger partial charge is 0.222 e. The van der Waals surface area contributed by atoms with Crippen LogP contribution in [-0.4, -0.2) is 10.1 Å². The van der Waals surface area contributed by atoms with Gasteiger partial charge in [0.05, 0.1) is 5.39 Å². The van der Waals surface area contributed by atoms with E-state index in [1.807, 2.05) is 54.6 Å². The largest absolute Gasteiger partial charge is 0.505 e. The molecule has 1 aromatic heterocycles. The number of fused-ring (bicyclic) bond motifs is 1. The van der Waals surface area contributed by atoms with E-state index in [2.05, 4.69) is 20.9 Å². The molecule has 0 aliphatic carbocycles. The lowest BCUT2D eigenvalue weighted by atomic mass is 10.1. The number of halogens is 2. The van der Waals surface area contributed by atoms with Crippen LogP contribution in [0.5, 0.6) is 11.6 Å². The van der Waals surface area contributed by atoms with Crippen LogP contribution < -0.4 is 4.74 Å². The molecule has 3 nitrogen and oxygen atoms in total. The van der Waals surface area contributed by atoms with Crippen LogP contribution >= 0.6 is 15.9 Å². The van der Waals surface area contributed by atoms with Crippen LogP contribution in [0.3, 0.4) is 0 Å². The van der Waals surface area contributed by atoms with Gasteiger partial charge in [0.15, 0.2) is 0 Å². The number of aromatic hydroxyl groups is 1. The summed E-state index contributed by atoms with van der Waals surface area (Å²) in [6.07, 6.45) is 0. The molecule has 4 aromatic rings. The summed E-state index contributed by atoms with van der Waals surface area (Å²) in [6, 6.07) is 21.3. The molecule has 0 radical (unpaired) electrons. The third-order valence-electron chi connectivity index (χ3n) is 4.24. The highest BCUT2D eigenvalue weighted by Crippen LogP contribution is 2.39. The first kappa shape index (κ1) is 17.5. The van der Waals surface area contributed by atoms with Crippen LogP contribution in [0.4, 0.5) is 4.39 Å². The van der Waals surface area contributed by atoms with E-state index in [-0.39, 0.29) is 11.6 Å². The summed E-state index contributed by atoms with van der Waals surface area (Å²) in [5, 5.41) is 11.6. The Morgan fingerprint density at radius 1 is 0.926 bits per heavy atom. The molecule has 134 valence electrons. The molecule has 0 fully saturated rings. The van der Waals surface area contributed by atoms with Gasteiger partial charge in [0, 0.05) is 15.4 Å². The highest BCUT2D eigenvalue weighted by atomic mass is 79.9. The Kier molecular flexibility index (Phi) is 4.77. The number of aromatic nitrogens is 1. The summed E-state index contributed by atoms with van der Waals surface area (Å²) in [4.78, 5) is 4.50. The average molecular weight is 424 g/mol. The quantitative estimate of drug-likeness (QED) is 0.431. The van der Waals surface area contributed by atoms with E-state index in [9.17, 15) is 9.50 Å². The third kappa shape index (κ3) is 3.64. The SMILES string of the molecule is Oc1c(-c2ccc(Br)cc2)nc(OCc2ccccc2)c2cc(F)ccc12. The fraction of sp³-hybridized carbons (Fsp3) is 0.0455. The number of hydrogen-bond acceptors (Lipinski definition) is 3. The topological polar surface area (TPSA) is 42.4 Å². The van der Waals surface area contributed by atoms with Crippen LogP contribution in [0.25, 0.3) is 22.0 Å². The van der Waals surface area contributed by atoms with Crippen molar-refractivity contribution in [1.29, 1.82) is 0 Å². The van der Waals surface area contributed by atoms with Crippen molar-refractivity contribution in [3.8, 4) is 22.9 Å². The lowest BCUT2D eigenvalue weighted by Gasteiger charge is -2.13. The van der Waals surface area contributed by atoms with Crippen molar-refractivity contribution in [3.63, 3.8) is 0 Å². The lowest BCUT2D eigenvalue weighted by molar-refractivity contribution is 0.297. The monoisotopic (exact) mass is 423 g/mol. The maximum Gasteiger partial charge on any atom is 0.222 e. The van der Waals surface area contributed by atoms with Gasteiger partial charge in [-0.3, -0.25) is 0 Å². The van der Waals surface area contributed by atoms with E-state index < -0.39 is 5.82 Å². The van der Waals surface area contributed by atoms with Gasteiger partial charge in [-0.15, -0.1) is 0 Å². The number of rotatable bonds is 4. The lowest BCUT2D eigenvalue weighted by Crippen LogP contribution is -2.00. The van der Waals surface area contributed by atoms with Crippen LogP contribution in [-0.2, 0) is 6.61 Å². The first-order valence-electron chi connectivity index (χ1n) is 8.37. The Morgan fingerprint density at radius 3 is 2.41 bits per heavy atom. The van der Waals surface area contributed by atoms with E-state index >= 15 is 0 Å². The van der Waals surface area contributed by atoms with Crippen molar-refractivity contribution < 1.29 is 14.2 Å². The zero-order valence-corrected chi connectivity index (χ0v) is 15.8.